The van der Waals surface area contributed by atoms with E-state index in [1.165, 1.54) is 18.2 Å². The van der Waals surface area contributed by atoms with E-state index >= 15 is 0 Å². The van der Waals surface area contributed by atoms with Crippen LogP contribution in [0, 0.1) is 10.1 Å². The van der Waals surface area contributed by atoms with Gasteiger partial charge in [0.25, 0.3) is 5.69 Å². The summed E-state index contributed by atoms with van der Waals surface area (Å²) in [6.07, 6.45) is 0. The number of amides is 2. The fraction of sp³-hybridized carbons (Fsp3) is 0.467. The van der Waals surface area contributed by atoms with Gasteiger partial charge >= 0.3 is 0 Å². The predicted octanol–water partition coefficient (Wildman–Crippen LogP) is 1.38. The van der Waals surface area contributed by atoms with Gasteiger partial charge in [-0.05, 0) is 33.9 Å². The first-order valence-corrected chi connectivity index (χ1v) is 7.11. The van der Waals surface area contributed by atoms with E-state index in [-0.39, 0.29) is 36.1 Å². The van der Waals surface area contributed by atoms with Crippen molar-refractivity contribution in [2.75, 3.05) is 25.5 Å². The maximum atomic E-state index is 11.9. The average molecular weight is 322 g/mol. The van der Waals surface area contributed by atoms with Crippen LogP contribution in [0.4, 0.5) is 11.4 Å². The van der Waals surface area contributed by atoms with E-state index < -0.39 is 4.92 Å². The van der Waals surface area contributed by atoms with Crippen LogP contribution in [-0.4, -0.2) is 47.3 Å². The molecule has 2 N–H and O–H groups in total. The number of anilines is 1. The van der Waals surface area contributed by atoms with Crippen LogP contribution in [0.2, 0.25) is 0 Å². The second-order valence-corrected chi connectivity index (χ2v) is 6.33. The lowest BCUT2D eigenvalue weighted by atomic mass is 10.1. The Morgan fingerprint density at radius 1 is 1.22 bits per heavy atom. The zero-order valence-corrected chi connectivity index (χ0v) is 13.8. The molecule has 8 nitrogen and oxygen atoms in total. The van der Waals surface area contributed by atoms with Crippen molar-refractivity contribution < 1.29 is 14.5 Å². The first-order valence-electron chi connectivity index (χ1n) is 7.11. The molecular formula is C15H22N4O4. The molecule has 2 amide bonds. The van der Waals surface area contributed by atoms with Gasteiger partial charge in [-0.25, -0.2) is 0 Å². The van der Waals surface area contributed by atoms with Crippen LogP contribution in [0.1, 0.15) is 20.8 Å². The van der Waals surface area contributed by atoms with Crippen LogP contribution < -0.4 is 10.6 Å². The van der Waals surface area contributed by atoms with E-state index in [1.807, 2.05) is 20.8 Å². The van der Waals surface area contributed by atoms with Gasteiger partial charge in [-0.1, -0.05) is 6.07 Å². The summed E-state index contributed by atoms with van der Waals surface area (Å²) in [7, 11) is 1.65. The van der Waals surface area contributed by atoms with E-state index in [9.17, 15) is 19.7 Å². The number of carbonyl (C=O) groups is 2. The second-order valence-electron chi connectivity index (χ2n) is 6.33. The second kappa shape index (κ2) is 7.68. The van der Waals surface area contributed by atoms with Gasteiger partial charge in [0, 0.05) is 23.4 Å². The van der Waals surface area contributed by atoms with Gasteiger partial charge in [0.1, 0.15) is 0 Å². The van der Waals surface area contributed by atoms with Gasteiger partial charge in [0.15, 0.2) is 0 Å². The smallest absolute Gasteiger partial charge is 0.271 e. The van der Waals surface area contributed by atoms with Crippen LogP contribution in [-0.2, 0) is 9.59 Å². The van der Waals surface area contributed by atoms with Gasteiger partial charge in [-0.3, -0.25) is 24.6 Å². The highest BCUT2D eigenvalue weighted by Gasteiger charge is 2.16. The Balaban J connectivity index is 2.51. The minimum Gasteiger partial charge on any atom is -0.350 e. The number of nitro benzene ring substituents is 1. The van der Waals surface area contributed by atoms with Gasteiger partial charge < -0.3 is 10.6 Å². The van der Waals surface area contributed by atoms with Crippen molar-refractivity contribution in [2.45, 2.75) is 26.3 Å². The van der Waals surface area contributed by atoms with Crippen LogP contribution in [0.5, 0.6) is 0 Å². The summed E-state index contributed by atoms with van der Waals surface area (Å²) in [5.41, 5.74) is -0.0826. The average Bonchev–Trinajstić information content (AvgIpc) is 2.35. The number of nitrogens with zero attached hydrogens (tertiary/aromatic N) is 2. The molecule has 0 radical (unpaired) electrons. The van der Waals surface area contributed by atoms with Gasteiger partial charge in [0.05, 0.1) is 18.0 Å². The topological polar surface area (TPSA) is 105 Å². The summed E-state index contributed by atoms with van der Waals surface area (Å²) >= 11 is 0. The quantitative estimate of drug-likeness (QED) is 0.608. The fourth-order valence-electron chi connectivity index (χ4n) is 1.90. The molecule has 0 fully saturated rings. The summed E-state index contributed by atoms with van der Waals surface area (Å²) in [5.74, 6) is -0.528. The summed E-state index contributed by atoms with van der Waals surface area (Å²) < 4.78 is 0. The number of benzene rings is 1. The Kier molecular flexibility index (Phi) is 6.20. The third-order valence-corrected chi connectivity index (χ3v) is 2.68. The predicted molar refractivity (Wildman–Crippen MR) is 87.1 cm³/mol. The standard InChI is InChI=1S/C15H22N4O4/c1-15(2,3)17-14(21)10-18(4)9-13(20)16-11-6-5-7-12(8-11)19(22)23/h5-8H,9-10H2,1-4H3,(H,16,20)(H,17,21). The maximum absolute atomic E-state index is 11.9. The van der Waals surface area contributed by atoms with Crippen molar-refractivity contribution in [3.63, 3.8) is 0 Å². The zero-order valence-electron chi connectivity index (χ0n) is 13.8. The van der Waals surface area contributed by atoms with Crippen molar-refractivity contribution in [3.05, 3.63) is 34.4 Å². The Morgan fingerprint density at radius 2 is 1.83 bits per heavy atom. The minimum atomic E-state index is -0.529. The number of rotatable bonds is 6. The van der Waals surface area contributed by atoms with Crippen LogP contribution >= 0.6 is 0 Å². The molecule has 0 bridgehead atoms. The molecule has 0 spiro atoms. The minimum absolute atomic E-state index is 0.000253. The highest BCUT2D eigenvalue weighted by atomic mass is 16.6. The Bertz CT molecular complexity index is 595. The lowest BCUT2D eigenvalue weighted by molar-refractivity contribution is -0.384. The molecule has 0 atom stereocenters. The molecule has 0 saturated carbocycles. The van der Waals surface area contributed by atoms with Gasteiger partial charge in [-0.2, -0.15) is 0 Å². The Hall–Kier alpha value is -2.48. The molecule has 1 aromatic rings. The molecule has 1 aromatic carbocycles. The third-order valence-electron chi connectivity index (χ3n) is 2.68. The van der Waals surface area contributed by atoms with E-state index in [1.54, 1.807) is 18.0 Å². The molecule has 0 unspecified atom stereocenters. The zero-order chi connectivity index (χ0) is 17.6. The van der Waals surface area contributed by atoms with E-state index in [2.05, 4.69) is 10.6 Å². The molecule has 0 heterocycles. The molecule has 126 valence electrons. The molecule has 0 aromatic heterocycles. The van der Waals surface area contributed by atoms with E-state index in [0.29, 0.717) is 5.69 Å². The fourth-order valence-corrected chi connectivity index (χ4v) is 1.90. The summed E-state index contributed by atoms with van der Waals surface area (Å²) in [6, 6.07) is 5.69. The number of hydrogen-bond donors (Lipinski definition) is 2. The van der Waals surface area contributed by atoms with Gasteiger partial charge in [0.2, 0.25) is 11.8 Å². The monoisotopic (exact) mass is 322 g/mol. The van der Waals surface area contributed by atoms with E-state index in [4.69, 9.17) is 0 Å². The van der Waals surface area contributed by atoms with Crippen LogP contribution in [0.25, 0.3) is 0 Å². The molecule has 0 saturated heterocycles. The molecule has 1 rings (SSSR count). The number of nitrogens with one attached hydrogen (secondary N) is 2. The normalized spacial score (nSPS) is 11.2. The maximum Gasteiger partial charge on any atom is 0.271 e. The third kappa shape index (κ3) is 7.37. The Morgan fingerprint density at radius 3 is 2.39 bits per heavy atom. The lowest BCUT2D eigenvalue weighted by Gasteiger charge is -2.23. The molecular weight excluding hydrogens is 300 g/mol. The summed E-state index contributed by atoms with van der Waals surface area (Å²) in [6.45, 7) is 5.71. The lowest BCUT2D eigenvalue weighted by Crippen LogP contribution is -2.46. The van der Waals surface area contributed by atoms with Crippen molar-refractivity contribution in [1.82, 2.24) is 10.2 Å². The van der Waals surface area contributed by atoms with Crippen molar-refractivity contribution in [3.8, 4) is 0 Å². The highest BCUT2D eigenvalue weighted by molar-refractivity contribution is 5.92. The van der Waals surface area contributed by atoms with Crippen LogP contribution in [0.15, 0.2) is 24.3 Å². The molecule has 23 heavy (non-hydrogen) atoms. The molecule has 0 aliphatic heterocycles. The highest BCUT2D eigenvalue weighted by Crippen LogP contribution is 2.16. The number of likely N-dealkylation sites (N-methyl/N-ethyl adjacent to an activating group) is 1. The number of carbonyl (C=O) groups excluding carboxylic acids is 2. The first kappa shape index (κ1) is 18.6. The van der Waals surface area contributed by atoms with Crippen LogP contribution in [0.3, 0.4) is 0 Å². The number of non-ortho nitro benzene ring substituents is 1. The van der Waals surface area contributed by atoms with Gasteiger partial charge in [-0.15, -0.1) is 0 Å². The Labute approximate surface area is 135 Å². The number of nitro groups is 1. The largest absolute Gasteiger partial charge is 0.350 e. The van der Waals surface area contributed by atoms with Crippen molar-refractivity contribution >= 4 is 23.2 Å². The summed E-state index contributed by atoms with van der Waals surface area (Å²) in [4.78, 5) is 35.4. The molecule has 8 heteroatoms. The first-order chi connectivity index (χ1) is 10.6. The van der Waals surface area contributed by atoms with E-state index in [0.717, 1.165) is 0 Å². The SMILES string of the molecule is CN(CC(=O)Nc1cccc([N+](=O)[O-])c1)CC(=O)NC(C)(C)C. The van der Waals surface area contributed by atoms with Crippen molar-refractivity contribution in [2.24, 2.45) is 0 Å². The summed E-state index contributed by atoms with van der Waals surface area (Å²) in [5, 5.41) is 16.1. The van der Waals surface area contributed by atoms with Crippen molar-refractivity contribution in [1.29, 1.82) is 0 Å². The molecule has 0 aliphatic carbocycles. The number of hydrogen-bond acceptors (Lipinski definition) is 5. The molecule has 0 aliphatic rings.